The SMILES string of the molecule is Br.Cc1cccc2[nH]c(C(N)CN3CCN(c4cccc(C(F)(F)F)c4)CC3)nc12. The lowest BCUT2D eigenvalue weighted by atomic mass is 10.1. The number of H-pyrrole nitrogens is 1. The zero-order chi connectivity index (χ0) is 20.6. The average molecular weight is 484 g/mol. The molecule has 2 aromatic carbocycles. The molecule has 1 atom stereocenters. The molecule has 2 heterocycles. The van der Waals surface area contributed by atoms with Gasteiger partial charge in [-0.3, -0.25) is 4.90 Å². The Balaban J connectivity index is 0.00000256. The molecule has 0 aliphatic carbocycles. The Morgan fingerprint density at radius 1 is 1.10 bits per heavy atom. The summed E-state index contributed by atoms with van der Waals surface area (Å²) in [7, 11) is 0. The number of halogens is 4. The van der Waals surface area contributed by atoms with Crippen LogP contribution in [0, 0.1) is 6.92 Å². The summed E-state index contributed by atoms with van der Waals surface area (Å²) in [4.78, 5) is 12.2. The van der Waals surface area contributed by atoms with Gasteiger partial charge in [0.05, 0.1) is 22.6 Å². The van der Waals surface area contributed by atoms with Crippen molar-refractivity contribution in [3.63, 3.8) is 0 Å². The van der Waals surface area contributed by atoms with Gasteiger partial charge in [0.15, 0.2) is 0 Å². The minimum atomic E-state index is -4.32. The molecule has 1 aliphatic heterocycles. The van der Waals surface area contributed by atoms with E-state index in [1.165, 1.54) is 12.1 Å². The van der Waals surface area contributed by atoms with Gasteiger partial charge in [0, 0.05) is 38.4 Å². The van der Waals surface area contributed by atoms with Crippen molar-refractivity contribution >= 4 is 33.7 Å². The van der Waals surface area contributed by atoms with Gasteiger partial charge >= 0.3 is 6.18 Å². The summed E-state index contributed by atoms with van der Waals surface area (Å²) in [6, 6.07) is 11.3. The zero-order valence-electron chi connectivity index (χ0n) is 16.6. The van der Waals surface area contributed by atoms with Gasteiger partial charge in [0.1, 0.15) is 5.82 Å². The van der Waals surface area contributed by atoms with E-state index in [1.54, 1.807) is 6.07 Å². The molecular weight excluding hydrogens is 459 g/mol. The van der Waals surface area contributed by atoms with E-state index in [9.17, 15) is 13.2 Å². The number of rotatable bonds is 4. The van der Waals surface area contributed by atoms with Crippen LogP contribution in [-0.4, -0.2) is 47.6 Å². The quantitative estimate of drug-likeness (QED) is 0.580. The number of fused-ring (bicyclic) bond motifs is 1. The fourth-order valence-corrected chi connectivity index (χ4v) is 3.80. The Morgan fingerprint density at radius 3 is 2.47 bits per heavy atom. The molecule has 1 aromatic heterocycles. The van der Waals surface area contributed by atoms with Crippen molar-refractivity contribution in [3.8, 4) is 0 Å². The van der Waals surface area contributed by atoms with Crippen LogP contribution in [0.4, 0.5) is 18.9 Å². The molecule has 3 N–H and O–H groups in total. The topological polar surface area (TPSA) is 61.2 Å². The summed E-state index contributed by atoms with van der Waals surface area (Å²) in [5.41, 5.74) is 9.39. The Labute approximate surface area is 183 Å². The van der Waals surface area contributed by atoms with Crippen molar-refractivity contribution in [2.24, 2.45) is 5.73 Å². The van der Waals surface area contributed by atoms with Crippen LogP contribution in [0.3, 0.4) is 0 Å². The number of piperazine rings is 1. The normalized spacial score (nSPS) is 16.5. The van der Waals surface area contributed by atoms with Crippen LogP contribution in [0.1, 0.15) is 23.0 Å². The number of alkyl halides is 3. The van der Waals surface area contributed by atoms with Gasteiger partial charge in [-0.15, -0.1) is 17.0 Å². The third-order valence-electron chi connectivity index (χ3n) is 5.45. The molecule has 1 aliphatic rings. The van der Waals surface area contributed by atoms with Crippen LogP contribution in [-0.2, 0) is 6.18 Å². The summed E-state index contributed by atoms with van der Waals surface area (Å²) < 4.78 is 38.9. The number of nitrogens with one attached hydrogen (secondary N) is 1. The summed E-state index contributed by atoms with van der Waals surface area (Å²) in [6.45, 7) is 5.47. The summed E-state index contributed by atoms with van der Waals surface area (Å²) in [5, 5.41) is 0. The molecule has 0 bridgehead atoms. The van der Waals surface area contributed by atoms with Gasteiger partial charge < -0.3 is 15.6 Å². The van der Waals surface area contributed by atoms with Crippen LogP contribution < -0.4 is 10.6 Å². The number of nitrogens with zero attached hydrogens (tertiary/aromatic N) is 3. The molecule has 0 amide bonds. The number of para-hydroxylation sites is 1. The highest BCUT2D eigenvalue weighted by Gasteiger charge is 2.31. The first-order valence-electron chi connectivity index (χ1n) is 9.66. The van der Waals surface area contributed by atoms with Crippen molar-refractivity contribution < 1.29 is 13.2 Å². The molecule has 1 saturated heterocycles. The second-order valence-electron chi connectivity index (χ2n) is 7.54. The Hall–Kier alpha value is -2.10. The summed E-state index contributed by atoms with van der Waals surface area (Å²) in [5.74, 6) is 0.759. The van der Waals surface area contributed by atoms with E-state index in [-0.39, 0.29) is 23.0 Å². The maximum Gasteiger partial charge on any atom is 0.416 e. The number of imidazole rings is 1. The molecular formula is C21H25BrF3N5. The molecule has 1 fully saturated rings. The Morgan fingerprint density at radius 2 is 1.80 bits per heavy atom. The number of hydrogen-bond donors (Lipinski definition) is 2. The number of benzene rings is 2. The lowest BCUT2D eigenvalue weighted by Crippen LogP contribution is -2.48. The molecule has 162 valence electrons. The predicted octanol–water partition coefficient (Wildman–Crippen LogP) is 4.29. The van der Waals surface area contributed by atoms with Gasteiger partial charge in [0.2, 0.25) is 0 Å². The summed E-state index contributed by atoms with van der Waals surface area (Å²) >= 11 is 0. The van der Waals surface area contributed by atoms with Crippen LogP contribution in [0.15, 0.2) is 42.5 Å². The molecule has 9 heteroatoms. The van der Waals surface area contributed by atoms with Crippen molar-refractivity contribution in [1.29, 1.82) is 0 Å². The smallest absolute Gasteiger partial charge is 0.369 e. The number of aromatic nitrogens is 2. The molecule has 0 spiro atoms. The molecule has 3 aromatic rings. The number of nitrogens with two attached hydrogens (primary N) is 1. The fourth-order valence-electron chi connectivity index (χ4n) is 3.80. The molecule has 0 radical (unpaired) electrons. The van der Waals surface area contributed by atoms with Gasteiger partial charge in [-0.25, -0.2) is 4.98 Å². The zero-order valence-corrected chi connectivity index (χ0v) is 18.3. The highest BCUT2D eigenvalue weighted by molar-refractivity contribution is 8.93. The van der Waals surface area contributed by atoms with Crippen molar-refractivity contribution in [2.75, 3.05) is 37.6 Å². The predicted molar refractivity (Wildman–Crippen MR) is 118 cm³/mol. The largest absolute Gasteiger partial charge is 0.416 e. The number of hydrogen-bond acceptors (Lipinski definition) is 4. The molecule has 30 heavy (non-hydrogen) atoms. The van der Waals surface area contributed by atoms with E-state index in [1.807, 2.05) is 30.0 Å². The molecule has 1 unspecified atom stereocenters. The van der Waals surface area contributed by atoms with Crippen LogP contribution in [0.5, 0.6) is 0 Å². The van der Waals surface area contributed by atoms with Crippen LogP contribution in [0.25, 0.3) is 11.0 Å². The minimum Gasteiger partial charge on any atom is -0.369 e. The Kier molecular flexibility index (Phi) is 6.74. The second kappa shape index (κ2) is 8.95. The first-order valence-corrected chi connectivity index (χ1v) is 9.66. The van der Waals surface area contributed by atoms with E-state index in [2.05, 4.69) is 14.9 Å². The Bertz CT molecular complexity index is 996. The van der Waals surface area contributed by atoms with E-state index >= 15 is 0 Å². The summed E-state index contributed by atoms with van der Waals surface area (Å²) in [6.07, 6.45) is -4.32. The number of aryl methyl sites for hydroxylation is 1. The maximum absolute atomic E-state index is 13.0. The average Bonchev–Trinajstić information content (AvgIpc) is 3.14. The lowest BCUT2D eigenvalue weighted by molar-refractivity contribution is -0.137. The molecule has 0 saturated carbocycles. The standard InChI is InChI=1S/C21H24F3N5.BrH/c1-14-4-2-7-18-19(14)27-20(26-18)17(25)13-28-8-10-29(11-9-28)16-6-3-5-15(12-16)21(22,23)24;/h2-7,12,17H,8-11,13,25H2,1H3,(H,26,27);1H. The van der Waals surface area contributed by atoms with Crippen molar-refractivity contribution in [3.05, 3.63) is 59.4 Å². The van der Waals surface area contributed by atoms with Crippen LogP contribution >= 0.6 is 17.0 Å². The fraction of sp³-hybridized carbons (Fsp3) is 0.381. The van der Waals surface area contributed by atoms with E-state index in [0.717, 1.165) is 41.6 Å². The van der Waals surface area contributed by atoms with Gasteiger partial charge in [-0.1, -0.05) is 18.2 Å². The van der Waals surface area contributed by atoms with Gasteiger partial charge in [-0.05, 0) is 36.8 Å². The van der Waals surface area contributed by atoms with Crippen molar-refractivity contribution in [1.82, 2.24) is 14.9 Å². The highest BCUT2D eigenvalue weighted by Crippen LogP contribution is 2.32. The van der Waals surface area contributed by atoms with Gasteiger partial charge in [-0.2, -0.15) is 13.2 Å². The number of aromatic amines is 1. The minimum absolute atomic E-state index is 0. The third-order valence-corrected chi connectivity index (χ3v) is 5.45. The highest BCUT2D eigenvalue weighted by atomic mass is 79.9. The van der Waals surface area contributed by atoms with E-state index in [4.69, 9.17) is 5.73 Å². The number of anilines is 1. The second-order valence-corrected chi connectivity index (χ2v) is 7.54. The van der Waals surface area contributed by atoms with E-state index in [0.29, 0.717) is 25.3 Å². The molecule has 5 nitrogen and oxygen atoms in total. The maximum atomic E-state index is 13.0. The van der Waals surface area contributed by atoms with Crippen LogP contribution in [0.2, 0.25) is 0 Å². The van der Waals surface area contributed by atoms with Crippen molar-refractivity contribution in [2.45, 2.75) is 19.1 Å². The lowest BCUT2D eigenvalue weighted by Gasteiger charge is -2.37. The molecule has 4 rings (SSSR count). The third kappa shape index (κ3) is 4.79. The van der Waals surface area contributed by atoms with Gasteiger partial charge in [0.25, 0.3) is 0 Å². The first kappa shape index (κ1) is 22.6. The van der Waals surface area contributed by atoms with E-state index < -0.39 is 11.7 Å². The monoisotopic (exact) mass is 483 g/mol. The first-order chi connectivity index (χ1) is 13.8.